The Balaban J connectivity index is 1.56. The van der Waals surface area contributed by atoms with E-state index in [9.17, 15) is 10.2 Å². The number of hydrogen-bond acceptors (Lipinski definition) is 5. The highest BCUT2D eigenvalue weighted by molar-refractivity contribution is 5.10. The lowest BCUT2D eigenvalue weighted by Crippen LogP contribution is -2.30. The zero-order valence-electron chi connectivity index (χ0n) is 16.3. The summed E-state index contributed by atoms with van der Waals surface area (Å²) in [6, 6.07) is 0. The van der Waals surface area contributed by atoms with Crippen molar-refractivity contribution >= 4 is 0 Å². The van der Waals surface area contributed by atoms with Crippen LogP contribution in [0.2, 0.25) is 0 Å². The number of rotatable bonds is 8. The van der Waals surface area contributed by atoms with Gasteiger partial charge in [-0.25, -0.2) is 0 Å². The van der Waals surface area contributed by atoms with Gasteiger partial charge in [0.15, 0.2) is 5.79 Å². The Morgan fingerprint density at radius 3 is 2.58 bits per heavy atom. The van der Waals surface area contributed by atoms with Gasteiger partial charge in [-0.1, -0.05) is 38.8 Å². The third-order valence-corrected chi connectivity index (χ3v) is 6.82. The molecule has 0 radical (unpaired) electrons. The largest absolute Gasteiger partial charge is 0.396 e. The van der Waals surface area contributed by atoms with Crippen molar-refractivity contribution in [2.75, 3.05) is 19.8 Å². The first-order valence-corrected chi connectivity index (χ1v) is 10.3. The topological polar surface area (TPSA) is 79.2 Å². The summed E-state index contributed by atoms with van der Waals surface area (Å²) in [6.45, 7) is 5.75. The maximum atomic E-state index is 10.7. The number of aliphatic hydroxyl groups excluding tert-OH is 3. The molecule has 5 nitrogen and oxygen atoms in total. The van der Waals surface area contributed by atoms with Gasteiger partial charge < -0.3 is 24.8 Å². The van der Waals surface area contributed by atoms with Crippen molar-refractivity contribution in [3.05, 3.63) is 12.2 Å². The molecule has 1 heterocycles. The van der Waals surface area contributed by atoms with Crippen LogP contribution in [0.1, 0.15) is 58.8 Å². The lowest BCUT2D eigenvalue weighted by molar-refractivity contribution is -0.157. The van der Waals surface area contributed by atoms with Crippen LogP contribution in [0.3, 0.4) is 0 Å². The lowest BCUT2D eigenvalue weighted by Gasteiger charge is -2.29. The van der Waals surface area contributed by atoms with Crippen LogP contribution in [0, 0.1) is 23.2 Å². The Kier molecular flexibility index (Phi) is 6.45. The molecule has 0 aromatic rings. The quantitative estimate of drug-likeness (QED) is 0.453. The van der Waals surface area contributed by atoms with Crippen molar-refractivity contribution in [2.24, 2.45) is 23.2 Å². The van der Waals surface area contributed by atoms with E-state index in [1.807, 2.05) is 12.2 Å². The van der Waals surface area contributed by atoms with Crippen molar-refractivity contribution in [2.45, 2.75) is 76.8 Å². The summed E-state index contributed by atoms with van der Waals surface area (Å²) in [7, 11) is 0. The summed E-state index contributed by atoms with van der Waals surface area (Å²) in [5, 5.41) is 30.0. The molecule has 3 rings (SSSR count). The highest BCUT2D eigenvalue weighted by Gasteiger charge is 2.55. The molecule has 5 heteroatoms. The van der Waals surface area contributed by atoms with Gasteiger partial charge in [-0.15, -0.1) is 0 Å². The van der Waals surface area contributed by atoms with Gasteiger partial charge in [0.25, 0.3) is 0 Å². The average Bonchev–Trinajstić information content (AvgIpc) is 3.26. The van der Waals surface area contributed by atoms with Gasteiger partial charge in [0.1, 0.15) is 0 Å². The molecule has 3 aliphatic rings. The third-order valence-electron chi connectivity index (χ3n) is 6.82. The van der Waals surface area contributed by atoms with Gasteiger partial charge in [-0.05, 0) is 36.5 Å². The fourth-order valence-electron chi connectivity index (χ4n) is 5.14. The second-order valence-corrected chi connectivity index (χ2v) is 9.17. The summed E-state index contributed by atoms with van der Waals surface area (Å²) < 4.78 is 11.7. The first kappa shape index (κ1) is 20.3. The highest BCUT2D eigenvalue weighted by Crippen LogP contribution is 2.54. The van der Waals surface area contributed by atoms with Crippen LogP contribution >= 0.6 is 0 Å². The molecule has 1 aliphatic heterocycles. The predicted molar refractivity (Wildman–Crippen MR) is 99.4 cm³/mol. The Bertz CT molecular complexity index is 483. The molecule has 3 fully saturated rings. The van der Waals surface area contributed by atoms with Gasteiger partial charge in [0.05, 0.1) is 25.4 Å². The van der Waals surface area contributed by atoms with Crippen LogP contribution in [0.4, 0.5) is 0 Å². The maximum Gasteiger partial charge on any atom is 0.169 e. The fraction of sp³-hybridized carbons (Fsp3) is 0.905. The van der Waals surface area contributed by atoms with Crippen LogP contribution in [0.25, 0.3) is 0 Å². The van der Waals surface area contributed by atoms with E-state index >= 15 is 0 Å². The van der Waals surface area contributed by atoms with Gasteiger partial charge >= 0.3 is 0 Å². The Hall–Kier alpha value is -0.460. The van der Waals surface area contributed by atoms with Crippen LogP contribution in [0.5, 0.6) is 0 Å². The normalized spacial score (nSPS) is 34.8. The number of unbranched alkanes of at least 4 members (excludes halogenated alkanes) is 2. The van der Waals surface area contributed by atoms with Gasteiger partial charge in [0, 0.05) is 25.4 Å². The van der Waals surface area contributed by atoms with E-state index in [0.29, 0.717) is 25.0 Å². The predicted octanol–water partition coefficient (Wildman–Crippen LogP) is 2.63. The SMILES string of the molecule is CC(C)(CCCCCO)C(O)C=C[C@@H]1[C@@H]2CC3(C[C@H]2C[C@H]1O)OCCO3. The Morgan fingerprint density at radius 2 is 1.88 bits per heavy atom. The highest BCUT2D eigenvalue weighted by atomic mass is 16.7. The summed E-state index contributed by atoms with van der Waals surface area (Å²) >= 11 is 0. The molecule has 5 atom stereocenters. The number of hydrogen-bond donors (Lipinski definition) is 3. The molecule has 0 aromatic heterocycles. The molecule has 0 bridgehead atoms. The van der Waals surface area contributed by atoms with E-state index in [1.54, 1.807) is 0 Å². The molecular formula is C21H36O5. The minimum atomic E-state index is -0.530. The van der Waals surface area contributed by atoms with E-state index in [1.165, 1.54) is 0 Å². The van der Waals surface area contributed by atoms with Crippen molar-refractivity contribution in [1.29, 1.82) is 0 Å². The Morgan fingerprint density at radius 1 is 1.15 bits per heavy atom. The van der Waals surface area contributed by atoms with E-state index in [0.717, 1.165) is 44.9 Å². The number of ether oxygens (including phenoxy) is 2. The lowest BCUT2D eigenvalue weighted by atomic mass is 9.80. The third kappa shape index (κ3) is 4.33. The molecule has 150 valence electrons. The minimum absolute atomic E-state index is 0.0759. The van der Waals surface area contributed by atoms with Crippen LogP contribution in [-0.4, -0.2) is 53.1 Å². The van der Waals surface area contributed by atoms with E-state index in [-0.39, 0.29) is 24.0 Å². The van der Waals surface area contributed by atoms with Gasteiger partial charge in [0.2, 0.25) is 0 Å². The summed E-state index contributed by atoms with van der Waals surface area (Å²) in [5.41, 5.74) is -0.205. The van der Waals surface area contributed by atoms with Gasteiger partial charge in [-0.3, -0.25) is 0 Å². The van der Waals surface area contributed by atoms with Crippen LogP contribution in [0.15, 0.2) is 12.2 Å². The van der Waals surface area contributed by atoms with E-state index in [2.05, 4.69) is 13.8 Å². The zero-order valence-corrected chi connectivity index (χ0v) is 16.3. The van der Waals surface area contributed by atoms with E-state index < -0.39 is 11.9 Å². The second kappa shape index (κ2) is 8.27. The summed E-state index contributed by atoms with van der Waals surface area (Å²) in [5.74, 6) is 0.485. The number of aliphatic hydroxyl groups is 3. The van der Waals surface area contributed by atoms with Crippen LogP contribution in [-0.2, 0) is 9.47 Å². The molecule has 1 spiro atoms. The summed E-state index contributed by atoms with van der Waals surface area (Å²) in [4.78, 5) is 0. The first-order valence-electron chi connectivity index (χ1n) is 10.3. The number of fused-ring (bicyclic) bond motifs is 1. The molecular weight excluding hydrogens is 332 g/mol. The molecule has 0 aromatic carbocycles. The van der Waals surface area contributed by atoms with Gasteiger partial charge in [-0.2, -0.15) is 0 Å². The van der Waals surface area contributed by atoms with Crippen molar-refractivity contribution in [3.63, 3.8) is 0 Å². The maximum absolute atomic E-state index is 10.7. The monoisotopic (exact) mass is 368 g/mol. The van der Waals surface area contributed by atoms with Crippen molar-refractivity contribution in [1.82, 2.24) is 0 Å². The van der Waals surface area contributed by atoms with E-state index in [4.69, 9.17) is 14.6 Å². The van der Waals surface area contributed by atoms with Crippen molar-refractivity contribution < 1.29 is 24.8 Å². The minimum Gasteiger partial charge on any atom is -0.396 e. The first-order chi connectivity index (χ1) is 12.4. The average molecular weight is 369 g/mol. The molecule has 0 amide bonds. The smallest absolute Gasteiger partial charge is 0.169 e. The standard InChI is InChI=1S/C21H36O5/c1-20(2,8-4-3-5-9-22)19(24)7-6-16-17-14-21(25-10-11-26-21)13-15(17)12-18(16)23/h6-7,15-19,22-24H,3-5,8-14H2,1-2H3/t15-,16-,17-,18-,19?/m1/s1. The molecule has 1 saturated heterocycles. The molecule has 2 aliphatic carbocycles. The molecule has 3 N–H and O–H groups in total. The molecule has 1 unspecified atom stereocenters. The van der Waals surface area contributed by atoms with Crippen molar-refractivity contribution in [3.8, 4) is 0 Å². The Labute approximate surface area is 157 Å². The van der Waals surface area contributed by atoms with Crippen LogP contribution < -0.4 is 0 Å². The zero-order chi connectivity index (χ0) is 18.8. The second-order valence-electron chi connectivity index (χ2n) is 9.17. The summed E-state index contributed by atoms with van der Waals surface area (Å²) in [6.07, 6.45) is 9.35. The molecule has 2 saturated carbocycles. The fourth-order valence-corrected chi connectivity index (χ4v) is 5.14. The molecule has 26 heavy (non-hydrogen) atoms.